The van der Waals surface area contributed by atoms with Crippen molar-refractivity contribution in [1.82, 2.24) is 9.47 Å². The molecule has 1 unspecified atom stereocenters. The number of non-ortho nitro benzene ring substituents is 1. The average Bonchev–Trinajstić information content (AvgIpc) is 3.15. The molecule has 30 heavy (non-hydrogen) atoms. The normalized spacial score (nSPS) is 16.5. The summed E-state index contributed by atoms with van der Waals surface area (Å²) in [5.74, 6) is 1.48. The summed E-state index contributed by atoms with van der Waals surface area (Å²) < 4.78 is 13.1. The molecule has 1 aliphatic rings. The number of methoxy groups -OCH3 is 2. The lowest BCUT2D eigenvalue weighted by atomic mass is 10.0. The van der Waals surface area contributed by atoms with Crippen molar-refractivity contribution in [3.05, 3.63) is 87.7 Å². The Morgan fingerprint density at radius 1 is 1.07 bits per heavy atom. The summed E-state index contributed by atoms with van der Waals surface area (Å²) >= 11 is 0. The molecule has 2 heterocycles. The van der Waals surface area contributed by atoms with Gasteiger partial charge in [0.25, 0.3) is 5.69 Å². The van der Waals surface area contributed by atoms with Crippen LogP contribution < -0.4 is 9.47 Å². The smallest absolute Gasteiger partial charge is 0.270 e. The molecule has 0 radical (unpaired) electrons. The second kappa shape index (κ2) is 8.59. The van der Waals surface area contributed by atoms with Crippen LogP contribution in [0, 0.1) is 10.1 Å². The molecule has 0 bridgehead atoms. The zero-order valence-corrected chi connectivity index (χ0v) is 17.2. The number of aryl methyl sites for hydroxylation is 1. The summed E-state index contributed by atoms with van der Waals surface area (Å²) in [6.45, 7) is 2.36. The molecule has 0 N–H and O–H groups in total. The first-order chi connectivity index (χ1) is 14.6. The van der Waals surface area contributed by atoms with E-state index in [0.29, 0.717) is 12.3 Å². The van der Waals surface area contributed by atoms with Crippen LogP contribution in [-0.4, -0.2) is 35.2 Å². The first-order valence-corrected chi connectivity index (χ1v) is 9.95. The lowest BCUT2D eigenvalue weighted by Gasteiger charge is -2.31. The van der Waals surface area contributed by atoms with Crippen molar-refractivity contribution in [2.24, 2.45) is 0 Å². The van der Waals surface area contributed by atoms with E-state index in [4.69, 9.17) is 9.47 Å². The van der Waals surface area contributed by atoms with Crippen molar-refractivity contribution in [2.75, 3.05) is 20.8 Å². The lowest BCUT2D eigenvalue weighted by Crippen LogP contribution is -2.29. The standard InChI is InChI=1S/C23H25N3O4/c1-29-20-9-6-17(7-10-20)23-21-5-3-12-24(21)13-4-14-25(23)16-18-15-19(26(27)28)8-11-22(18)30-2/h3,5-12,15,23H,4,13-14,16H2,1-2H3. The highest BCUT2D eigenvalue weighted by molar-refractivity contribution is 5.44. The van der Waals surface area contributed by atoms with Crippen LogP contribution in [0.15, 0.2) is 60.8 Å². The van der Waals surface area contributed by atoms with E-state index in [9.17, 15) is 10.1 Å². The first kappa shape index (κ1) is 20.0. The fraction of sp³-hybridized carbons (Fsp3) is 0.304. The molecular weight excluding hydrogens is 382 g/mol. The maximum atomic E-state index is 11.3. The number of aromatic nitrogens is 1. The zero-order chi connectivity index (χ0) is 21.1. The summed E-state index contributed by atoms with van der Waals surface area (Å²) in [4.78, 5) is 13.3. The Morgan fingerprint density at radius 3 is 2.57 bits per heavy atom. The highest BCUT2D eigenvalue weighted by atomic mass is 16.6. The summed E-state index contributed by atoms with van der Waals surface area (Å²) in [6, 6.07) is 17.1. The molecule has 1 aromatic heterocycles. The molecule has 7 nitrogen and oxygen atoms in total. The fourth-order valence-corrected chi connectivity index (χ4v) is 4.20. The molecule has 1 atom stereocenters. The van der Waals surface area contributed by atoms with Crippen molar-refractivity contribution >= 4 is 5.69 Å². The largest absolute Gasteiger partial charge is 0.497 e. The number of hydrogen-bond donors (Lipinski definition) is 0. The van der Waals surface area contributed by atoms with Gasteiger partial charge in [-0.1, -0.05) is 12.1 Å². The van der Waals surface area contributed by atoms with Gasteiger partial charge < -0.3 is 14.0 Å². The van der Waals surface area contributed by atoms with Crippen LogP contribution in [0.1, 0.15) is 29.3 Å². The Morgan fingerprint density at radius 2 is 1.87 bits per heavy atom. The van der Waals surface area contributed by atoms with Crippen LogP contribution in [0.25, 0.3) is 0 Å². The van der Waals surface area contributed by atoms with Crippen molar-refractivity contribution in [3.63, 3.8) is 0 Å². The number of benzene rings is 2. The highest BCUT2D eigenvalue weighted by Crippen LogP contribution is 2.35. The Hall–Kier alpha value is -3.32. The predicted molar refractivity (Wildman–Crippen MR) is 114 cm³/mol. The lowest BCUT2D eigenvalue weighted by molar-refractivity contribution is -0.385. The number of hydrogen-bond acceptors (Lipinski definition) is 5. The Kier molecular flexibility index (Phi) is 5.72. The number of nitrogens with zero attached hydrogens (tertiary/aromatic N) is 3. The number of rotatable bonds is 6. The summed E-state index contributed by atoms with van der Waals surface area (Å²) in [5, 5.41) is 11.3. The number of nitro benzene ring substituents is 1. The van der Waals surface area contributed by atoms with E-state index < -0.39 is 0 Å². The zero-order valence-electron chi connectivity index (χ0n) is 17.2. The van der Waals surface area contributed by atoms with E-state index in [0.717, 1.165) is 36.4 Å². The van der Waals surface area contributed by atoms with Gasteiger partial charge in [0.15, 0.2) is 0 Å². The van der Waals surface area contributed by atoms with Gasteiger partial charge in [0.1, 0.15) is 11.5 Å². The molecule has 0 spiro atoms. The van der Waals surface area contributed by atoms with E-state index >= 15 is 0 Å². The molecule has 4 rings (SSSR count). The van der Waals surface area contributed by atoms with Gasteiger partial charge in [0.2, 0.25) is 0 Å². The highest BCUT2D eigenvalue weighted by Gasteiger charge is 2.28. The number of fused-ring (bicyclic) bond motifs is 1. The minimum Gasteiger partial charge on any atom is -0.497 e. The third-order valence-electron chi connectivity index (χ3n) is 5.63. The molecule has 1 aliphatic heterocycles. The minimum atomic E-state index is -0.364. The number of ether oxygens (including phenoxy) is 2. The van der Waals surface area contributed by atoms with Crippen LogP contribution in [0.2, 0.25) is 0 Å². The molecule has 0 fully saturated rings. The Balaban J connectivity index is 1.75. The maximum Gasteiger partial charge on any atom is 0.270 e. The monoisotopic (exact) mass is 407 g/mol. The molecular formula is C23H25N3O4. The van der Waals surface area contributed by atoms with Crippen molar-refractivity contribution < 1.29 is 14.4 Å². The van der Waals surface area contributed by atoms with E-state index in [1.807, 2.05) is 12.1 Å². The van der Waals surface area contributed by atoms with Gasteiger partial charge in [0, 0.05) is 49.2 Å². The average molecular weight is 407 g/mol. The van der Waals surface area contributed by atoms with Gasteiger partial charge in [-0.05, 0) is 42.3 Å². The van der Waals surface area contributed by atoms with Gasteiger partial charge >= 0.3 is 0 Å². The van der Waals surface area contributed by atoms with E-state index in [-0.39, 0.29) is 16.7 Å². The maximum absolute atomic E-state index is 11.3. The van der Waals surface area contributed by atoms with Crippen LogP contribution in [0.4, 0.5) is 5.69 Å². The van der Waals surface area contributed by atoms with Crippen molar-refractivity contribution in [2.45, 2.75) is 25.6 Å². The summed E-state index contributed by atoms with van der Waals surface area (Å²) in [5.41, 5.74) is 3.25. The second-order valence-corrected chi connectivity index (χ2v) is 7.38. The summed E-state index contributed by atoms with van der Waals surface area (Å²) in [7, 11) is 3.26. The minimum absolute atomic E-state index is 0.0253. The predicted octanol–water partition coefficient (Wildman–Crippen LogP) is 4.41. The van der Waals surface area contributed by atoms with Crippen LogP contribution in [0.3, 0.4) is 0 Å². The fourth-order valence-electron chi connectivity index (χ4n) is 4.20. The third-order valence-corrected chi connectivity index (χ3v) is 5.63. The van der Waals surface area contributed by atoms with Crippen molar-refractivity contribution in [3.8, 4) is 11.5 Å². The van der Waals surface area contributed by atoms with Crippen LogP contribution >= 0.6 is 0 Å². The molecule has 0 aliphatic carbocycles. The van der Waals surface area contributed by atoms with Gasteiger partial charge in [-0.3, -0.25) is 15.0 Å². The summed E-state index contributed by atoms with van der Waals surface area (Å²) in [6.07, 6.45) is 3.11. The molecule has 0 amide bonds. The quantitative estimate of drug-likeness (QED) is 0.447. The third kappa shape index (κ3) is 3.89. The van der Waals surface area contributed by atoms with Gasteiger partial charge in [-0.2, -0.15) is 0 Å². The van der Waals surface area contributed by atoms with Crippen LogP contribution in [0.5, 0.6) is 11.5 Å². The SMILES string of the molecule is COc1ccc(C2c3cccn3CCCN2Cc2cc([N+](=O)[O-])ccc2OC)cc1. The topological polar surface area (TPSA) is 69.8 Å². The van der Waals surface area contributed by atoms with E-state index in [2.05, 4.69) is 39.9 Å². The Bertz CT molecular complexity index is 1030. The van der Waals surface area contributed by atoms with Gasteiger partial charge in [-0.25, -0.2) is 0 Å². The molecule has 0 saturated heterocycles. The van der Waals surface area contributed by atoms with Crippen LogP contribution in [-0.2, 0) is 13.1 Å². The molecule has 7 heteroatoms. The molecule has 3 aromatic rings. The Labute approximate surface area is 175 Å². The number of nitro groups is 1. The molecule has 156 valence electrons. The van der Waals surface area contributed by atoms with E-state index in [1.54, 1.807) is 26.4 Å². The van der Waals surface area contributed by atoms with Crippen molar-refractivity contribution in [1.29, 1.82) is 0 Å². The molecule has 0 saturated carbocycles. The van der Waals surface area contributed by atoms with E-state index in [1.165, 1.54) is 11.8 Å². The van der Waals surface area contributed by atoms with Gasteiger partial charge in [-0.15, -0.1) is 0 Å². The molecule has 2 aromatic carbocycles. The second-order valence-electron chi connectivity index (χ2n) is 7.38. The first-order valence-electron chi connectivity index (χ1n) is 9.95. The van der Waals surface area contributed by atoms with Gasteiger partial charge in [0.05, 0.1) is 25.2 Å².